The zero-order valence-corrected chi connectivity index (χ0v) is 20.7. The Morgan fingerprint density at radius 3 is 2.44 bits per heavy atom. The molecule has 0 aliphatic heterocycles. The fraction of sp³-hybridized carbons (Fsp3) is 0.652. The average Bonchev–Trinajstić information content (AvgIpc) is 2.67. The SMILES string of the molecule is CCOC(=O)Cc1cccc([C@@](C)(CCCC(C)(C)CS(=O)(=O)CCO)C(=O)NNC)c1. The smallest absolute Gasteiger partial charge is 0.310 e. The van der Waals surface area contributed by atoms with Gasteiger partial charge in [-0.25, -0.2) is 13.8 Å². The summed E-state index contributed by atoms with van der Waals surface area (Å²) >= 11 is 0. The van der Waals surface area contributed by atoms with E-state index in [4.69, 9.17) is 9.84 Å². The summed E-state index contributed by atoms with van der Waals surface area (Å²) in [6.07, 6.45) is 1.84. The molecule has 1 atom stereocenters. The second kappa shape index (κ2) is 12.3. The first-order chi connectivity index (χ1) is 14.9. The molecule has 1 aromatic rings. The van der Waals surface area contributed by atoms with Crippen molar-refractivity contribution in [1.82, 2.24) is 10.9 Å². The second-order valence-electron chi connectivity index (χ2n) is 9.05. The summed E-state index contributed by atoms with van der Waals surface area (Å²) in [6, 6.07) is 7.36. The molecular weight excluding hydrogens is 432 g/mol. The number of benzene rings is 1. The van der Waals surface area contributed by atoms with Crippen molar-refractivity contribution in [3.8, 4) is 0 Å². The molecule has 8 nitrogen and oxygen atoms in total. The van der Waals surface area contributed by atoms with Gasteiger partial charge in [0.25, 0.3) is 0 Å². The van der Waals surface area contributed by atoms with Gasteiger partial charge in [-0.15, -0.1) is 0 Å². The Labute approximate surface area is 192 Å². The minimum Gasteiger partial charge on any atom is -0.466 e. The lowest BCUT2D eigenvalue weighted by atomic mass is 9.75. The molecule has 0 fully saturated rings. The van der Waals surface area contributed by atoms with E-state index in [2.05, 4.69) is 10.9 Å². The molecule has 32 heavy (non-hydrogen) atoms. The third kappa shape index (κ3) is 8.88. The van der Waals surface area contributed by atoms with Gasteiger partial charge in [-0.05, 0) is 43.2 Å². The number of hydrogen-bond donors (Lipinski definition) is 3. The predicted octanol–water partition coefficient (Wildman–Crippen LogP) is 1.90. The van der Waals surface area contributed by atoms with Crippen LogP contribution in [0.4, 0.5) is 0 Å². The van der Waals surface area contributed by atoms with Gasteiger partial charge in [0.15, 0.2) is 9.84 Å². The van der Waals surface area contributed by atoms with Crippen molar-refractivity contribution in [2.75, 3.05) is 31.8 Å². The first-order valence-electron chi connectivity index (χ1n) is 10.9. The Hall–Kier alpha value is -1.97. The van der Waals surface area contributed by atoms with Gasteiger partial charge in [0.05, 0.1) is 36.6 Å². The van der Waals surface area contributed by atoms with E-state index >= 15 is 0 Å². The van der Waals surface area contributed by atoms with Crippen LogP contribution in [0.15, 0.2) is 24.3 Å². The highest BCUT2D eigenvalue weighted by Crippen LogP contribution is 2.34. The van der Waals surface area contributed by atoms with Gasteiger partial charge in [-0.2, -0.15) is 0 Å². The Bertz CT molecular complexity index is 869. The fourth-order valence-corrected chi connectivity index (χ4v) is 5.60. The predicted molar refractivity (Wildman–Crippen MR) is 125 cm³/mol. The van der Waals surface area contributed by atoms with Crippen LogP contribution in [0.5, 0.6) is 0 Å². The van der Waals surface area contributed by atoms with Crippen LogP contribution in [0.2, 0.25) is 0 Å². The van der Waals surface area contributed by atoms with Crippen molar-refractivity contribution >= 4 is 21.7 Å². The van der Waals surface area contributed by atoms with Crippen LogP contribution in [0.25, 0.3) is 0 Å². The molecule has 0 aliphatic rings. The lowest BCUT2D eigenvalue weighted by molar-refractivity contribution is -0.142. The van der Waals surface area contributed by atoms with Crippen molar-refractivity contribution < 1.29 is 27.9 Å². The summed E-state index contributed by atoms with van der Waals surface area (Å²) < 4.78 is 29.3. The zero-order valence-electron chi connectivity index (χ0n) is 19.9. The molecule has 1 aromatic carbocycles. The van der Waals surface area contributed by atoms with Crippen molar-refractivity contribution in [1.29, 1.82) is 0 Å². The number of aliphatic hydroxyl groups excluding tert-OH is 1. The van der Waals surface area contributed by atoms with Gasteiger partial charge >= 0.3 is 5.97 Å². The Kier molecular flexibility index (Phi) is 10.8. The monoisotopic (exact) mass is 470 g/mol. The van der Waals surface area contributed by atoms with Gasteiger partial charge in [-0.3, -0.25) is 15.0 Å². The third-order valence-corrected chi connectivity index (χ3v) is 7.53. The van der Waals surface area contributed by atoms with Crippen LogP contribution >= 0.6 is 0 Å². The summed E-state index contributed by atoms with van der Waals surface area (Å²) in [5, 5.41) is 8.97. The highest BCUT2D eigenvalue weighted by Gasteiger charge is 2.36. The number of sulfone groups is 1. The average molecular weight is 471 g/mol. The van der Waals surface area contributed by atoms with Gasteiger partial charge < -0.3 is 9.84 Å². The number of hydrogen-bond acceptors (Lipinski definition) is 7. The van der Waals surface area contributed by atoms with Gasteiger partial charge in [0.2, 0.25) is 5.91 Å². The molecule has 1 amide bonds. The van der Waals surface area contributed by atoms with E-state index in [9.17, 15) is 18.0 Å². The van der Waals surface area contributed by atoms with Crippen molar-refractivity contribution in [3.05, 3.63) is 35.4 Å². The highest BCUT2D eigenvalue weighted by atomic mass is 32.2. The molecule has 0 aromatic heterocycles. The number of esters is 1. The quantitative estimate of drug-likeness (QED) is 0.280. The van der Waals surface area contributed by atoms with E-state index in [0.717, 1.165) is 11.1 Å². The number of carbonyl (C=O) groups excluding carboxylic acids is 2. The van der Waals surface area contributed by atoms with E-state index in [1.54, 1.807) is 14.0 Å². The van der Waals surface area contributed by atoms with Crippen LogP contribution in [0.3, 0.4) is 0 Å². The van der Waals surface area contributed by atoms with Crippen molar-refractivity contribution in [2.24, 2.45) is 5.41 Å². The summed E-state index contributed by atoms with van der Waals surface area (Å²) in [6.45, 7) is 7.29. The zero-order chi connectivity index (χ0) is 24.4. The summed E-state index contributed by atoms with van der Waals surface area (Å²) in [5.41, 5.74) is 5.52. The number of ether oxygens (including phenoxy) is 1. The number of aliphatic hydroxyl groups is 1. The highest BCUT2D eigenvalue weighted by molar-refractivity contribution is 7.91. The molecule has 0 saturated carbocycles. The van der Waals surface area contributed by atoms with Crippen LogP contribution in [-0.4, -0.2) is 57.2 Å². The molecule has 3 N–H and O–H groups in total. The van der Waals surface area contributed by atoms with E-state index in [-0.39, 0.29) is 36.4 Å². The third-order valence-electron chi connectivity index (χ3n) is 5.50. The molecule has 0 heterocycles. The molecule has 0 spiro atoms. The minimum atomic E-state index is -3.34. The molecular formula is C23H38N2O6S. The molecule has 1 rings (SSSR count). The number of rotatable bonds is 14. The van der Waals surface area contributed by atoms with Gasteiger partial charge in [-0.1, -0.05) is 44.5 Å². The second-order valence-corrected chi connectivity index (χ2v) is 11.2. The fourth-order valence-electron chi connectivity index (χ4n) is 3.84. The number of amides is 1. The topological polar surface area (TPSA) is 122 Å². The maximum absolute atomic E-state index is 13.0. The molecule has 0 bridgehead atoms. The Balaban J connectivity index is 3.03. The number of nitrogens with one attached hydrogen (secondary N) is 2. The van der Waals surface area contributed by atoms with Crippen LogP contribution in [-0.2, 0) is 36.0 Å². The molecule has 0 unspecified atom stereocenters. The molecule has 0 aliphatic carbocycles. The maximum Gasteiger partial charge on any atom is 0.310 e. The molecule has 0 radical (unpaired) electrons. The maximum atomic E-state index is 13.0. The van der Waals surface area contributed by atoms with Crippen LogP contribution in [0.1, 0.15) is 58.1 Å². The first kappa shape index (κ1) is 28.1. The Morgan fingerprint density at radius 1 is 1.16 bits per heavy atom. The van der Waals surface area contributed by atoms with Crippen molar-refractivity contribution in [2.45, 2.75) is 58.8 Å². The molecule has 182 valence electrons. The van der Waals surface area contributed by atoms with E-state index in [0.29, 0.717) is 25.9 Å². The largest absolute Gasteiger partial charge is 0.466 e. The van der Waals surface area contributed by atoms with E-state index in [1.807, 2.05) is 45.0 Å². The number of carbonyl (C=O) groups is 2. The van der Waals surface area contributed by atoms with Crippen molar-refractivity contribution in [3.63, 3.8) is 0 Å². The summed E-state index contributed by atoms with van der Waals surface area (Å²) in [4.78, 5) is 24.9. The first-order valence-corrected chi connectivity index (χ1v) is 12.7. The summed E-state index contributed by atoms with van der Waals surface area (Å²) in [5.74, 6) is -0.795. The molecule has 9 heteroatoms. The normalized spacial score (nSPS) is 13.9. The number of hydrazine groups is 1. The van der Waals surface area contributed by atoms with E-state index in [1.165, 1.54) is 0 Å². The van der Waals surface area contributed by atoms with Gasteiger partial charge in [0.1, 0.15) is 0 Å². The lowest BCUT2D eigenvalue weighted by Gasteiger charge is -2.31. The minimum absolute atomic E-state index is 0.0188. The summed E-state index contributed by atoms with van der Waals surface area (Å²) in [7, 11) is -1.72. The van der Waals surface area contributed by atoms with Crippen LogP contribution in [0, 0.1) is 5.41 Å². The Morgan fingerprint density at radius 2 is 1.84 bits per heavy atom. The van der Waals surface area contributed by atoms with E-state index < -0.39 is 20.7 Å². The van der Waals surface area contributed by atoms with Gasteiger partial charge in [0, 0.05) is 7.05 Å². The van der Waals surface area contributed by atoms with Crippen LogP contribution < -0.4 is 10.9 Å². The molecule has 0 saturated heterocycles. The lowest BCUT2D eigenvalue weighted by Crippen LogP contribution is -2.47. The standard InChI is InChI=1S/C23H38N2O6S/c1-6-31-20(27)16-18-9-7-10-19(15-18)23(4,21(28)25-24-5)12-8-11-22(2,3)17-32(29,30)14-13-26/h7,9-10,15,24,26H,6,8,11-14,16-17H2,1-5H3,(H,25,28)/t23-/m1/s1.